The summed E-state index contributed by atoms with van der Waals surface area (Å²) >= 11 is 0. The zero-order valence-electron chi connectivity index (χ0n) is 11.0. The fourth-order valence-corrected chi connectivity index (χ4v) is 3.60. The Labute approximate surface area is 121 Å². The number of sulfonamides is 1. The number of nitrogens with zero attached hydrogens (tertiary/aromatic N) is 3. The van der Waals surface area contributed by atoms with E-state index < -0.39 is 22.1 Å². The van der Waals surface area contributed by atoms with Crippen molar-refractivity contribution in [3.8, 4) is 6.07 Å². The molecule has 1 aliphatic rings. The molecule has 1 aromatic rings. The molecule has 1 N–H and O–H groups in total. The van der Waals surface area contributed by atoms with Crippen molar-refractivity contribution in [2.75, 3.05) is 19.7 Å². The van der Waals surface area contributed by atoms with E-state index in [0.29, 0.717) is 0 Å². The van der Waals surface area contributed by atoms with Crippen molar-refractivity contribution in [3.05, 3.63) is 24.0 Å². The molecule has 1 aromatic heterocycles. The number of carbonyl (C=O) groups is 1. The number of morpholine rings is 1. The van der Waals surface area contributed by atoms with Gasteiger partial charge in [0.1, 0.15) is 11.0 Å². The Balaban J connectivity index is 2.27. The standard InChI is InChI=1S/C12H13N3O5S/c13-7-10-11(2-1-3-14-10)21(18,19)15-4-5-20-9(8-15)6-12(16)17/h1-3,9H,4-6,8H2,(H,16,17). The molecule has 8 nitrogen and oxygen atoms in total. The molecule has 0 saturated carbocycles. The highest BCUT2D eigenvalue weighted by atomic mass is 32.2. The van der Waals surface area contributed by atoms with Crippen molar-refractivity contribution in [1.29, 1.82) is 5.26 Å². The molecule has 1 fully saturated rings. The van der Waals surface area contributed by atoms with Crippen LogP contribution in [0, 0.1) is 11.3 Å². The van der Waals surface area contributed by atoms with Crippen LogP contribution in [0.4, 0.5) is 0 Å². The summed E-state index contributed by atoms with van der Waals surface area (Å²) in [7, 11) is -3.90. The third kappa shape index (κ3) is 3.36. The van der Waals surface area contributed by atoms with Gasteiger partial charge in [0.15, 0.2) is 5.69 Å². The minimum Gasteiger partial charge on any atom is -0.481 e. The molecule has 0 aliphatic carbocycles. The van der Waals surface area contributed by atoms with Crippen LogP contribution in [-0.2, 0) is 19.6 Å². The summed E-state index contributed by atoms with van der Waals surface area (Å²) in [6.07, 6.45) is 0.363. The van der Waals surface area contributed by atoms with Crippen molar-refractivity contribution in [1.82, 2.24) is 9.29 Å². The monoisotopic (exact) mass is 311 g/mol. The Hall–Kier alpha value is -2.02. The number of rotatable bonds is 4. The number of carboxylic acids is 1. The maximum absolute atomic E-state index is 12.5. The summed E-state index contributed by atoms with van der Waals surface area (Å²) in [5, 5.41) is 17.7. The number of ether oxygens (including phenoxy) is 1. The highest BCUT2D eigenvalue weighted by Gasteiger charge is 2.33. The van der Waals surface area contributed by atoms with Gasteiger partial charge >= 0.3 is 5.97 Å². The number of aromatic nitrogens is 1. The van der Waals surface area contributed by atoms with Crippen LogP contribution in [0.5, 0.6) is 0 Å². The van der Waals surface area contributed by atoms with E-state index in [4.69, 9.17) is 15.1 Å². The second-order valence-corrected chi connectivity index (χ2v) is 6.32. The maximum atomic E-state index is 12.5. The SMILES string of the molecule is N#Cc1ncccc1S(=O)(=O)N1CCOC(CC(=O)O)C1. The molecule has 2 heterocycles. The van der Waals surface area contributed by atoms with Crippen LogP contribution in [0.1, 0.15) is 12.1 Å². The van der Waals surface area contributed by atoms with Crippen molar-refractivity contribution in [2.45, 2.75) is 17.4 Å². The highest BCUT2D eigenvalue weighted by Crippen LogP contribution is 2.21. The smallest absolute Gasteiger partial charge is 0.306 e. The number of hydrogen-bond donors (Lipinski definition) is 1. The quantitative estimate of drug-likeness (QED) is 0.818. The number of nitriles is 1. The average Bonchev–Trinajstić information content (AvgIpc) is 2.46. The van der Waals surface area contributed by atoms with Gasteiger partial charge in [-0.15, -0.1) is 0 Å². The van der Waals surface area contributed by atoms with Gasteiger partial charge in [0.2, 0.25) is 10.0 Å². The van der Waals surface area contributed by atoms with Crippen LogP contribution < -0.4 is 0 Å². The summed E-state index contributed by atoms with van der Waals surface area (Å²) < 4.78 is 31.4. The molecule has 1 unspecified atom stereocenters. The largest absolute Gasteiger partial charge is 0.481 e. The van der Waals surface area contributed by atoms with Gasteiger partial charge < -0.3 is 9.84 Å². The topological polar surface area (TPSA) is 121 Å². The van der Waals surface area contributed by atoms with Gasteiger partial charge in [0.25, 0.3) is 0 Å². The fourth-order valence-electron chi connectivity index (χ4n) is 2.05. The molecule has 9 heteroatoms. The van der Waals surface area contributed by atoms with Gasteiger partial charge in [-0.3, -0.25) is 4.79 Å². The second-order valence-electron chi connectivity index (χ2n) is 4.42. The molecule has 0 radical (unpaired) electrons. The zero-order valence-corrected chi connectivity index (χ0v) is 11.8. The lowest BCUT2D eigenvalue weighted by molar-refractivity contribution is -0.141. The minimum atomic E-state index is -3.90. The first-order chi connectivity index (χ1) is 9.95. The number of carboxylic acid groups (broad SMARTS) is 1. The lowest BCUT2D eigenvalue weighted by Crippen LogP contribution is -2.46. The van der Waals surface area contributed by atoms with Crippen LogP contribution in [-0.4, -0.2) is 54.6 Å². The van der Waals surface area contributed by atoms with Crippen molar-refractivity contribution >= 4 is 16.0 Å². The van der Waals surface area contributed by atoms with Gasteiger partial charge in [-0.1, -0.05) is 0 Å². The molecule has 0 bridgehead atoms. The van der Waals surface area contributed by atoms with E-state index in [1.165, 1.54) is 18.3 Å². The van der Waals surface area contributed by atoms with Crippen molar-refractivity contribution in [2.24, 2.45) is 0 Å². The predicted molar refractivity (Wildman–Crippen MR) is 69.7 cm³/mol. The van der Waals surface area contributed by atoms with Gasteiger partial charge in [-0.2, -0.15) is 9.57 Å². The molecule has 1 saturated heterocycles. The van der Waals surface area contributed by atoms with Crippen molar-refractivity contribution < 1.29 is 23.1 Å². The van der Waals surface area contributed by atoms with Crippen LogP contribution in [0.15, 0.2) is 23.2 Å². The Kier molecular flexibility index (Phi) is 4.52. The van der Waals surface area contributed by atoms with E-state index in [1.807, 2.05) is 0 Å². The van der Waals surface area contributed by atoms with Crippen LogP contribution >= 0.6 is 0 Å². The van der Waals surface area contributed by atoms with Gasteiger partial charge in [0, 0.05) is 19.3 Å². The summed E-state index contributed by atoms with van der Waals surface area (Å²) in [5.41, 5.74) is -0.182. The Morgan fingerprint density at radius 3 is 3.05 bits per heavy atom. The van der Waals surface area contributed by atoms with Crippen molar-refractivity contribution in [3.63, 3.8) is 0 Å². The van der Waals surface area contributed by atoms with Crippen LogP contribution in [0.3, 0.4) is 0 Å². The normalized spacial score (nSPS) is 19.9. The number of pyridine rings is 1. The Bertz CT molecular complexity index is 682. The fraction of sp³-hybridized carbons (Fsp3) is 0.417. The zero-order chi connectivity index (χ0) is 15.5. The van der Waals surface area contributed by atoms with E-state index >= 15 is 0 Å². The van der Waals surface area contributed by atoms with E-state index in [2.05, 4.69) is 4.98 Å². The molecule has 0 aromatic carbocycles. The first kappa shape index (κ1) is 15.4. The molecule has 0 spiro atoms. The first-order valence-corrected chi connectivity index (χ1v) is 7.58. The summed E-state index contributed by atoms with van der Waals surface area (Å²) in [6.45, 7) is 0.159. The van der Waals surface area contributed by atoms with Gasteiger partial charge in [-0.05, 0) is 12.1 Å². The molecule has 1 aliphatic heterocycles. The number of aliphatic carboxylic acids is 1. The van der Waals surface area contributed by atoms with E-state index in [1.54, 1.807) is 6.07 Å². The molecule has 1 atom stereocenters. The van der Waals surface area contributed by atoms with Gasteiger partial charge in [0.05, 0.1) is 19.1 Å². The Morgan fingerprint density at radius 1 is 1.62 bits per heavy atom. The third-order valence-electron chi connectivity index (χ3n) is 3.00. The molecular formula is C12H13N3O5S. The molecule has 0 amide bonds. The second kappa shape index (κ2) is 6.17. The van der Waals surface area contributed by atoms with Crippen LogP contribution in [0.25, 0.3) is 0 Å². The molecule has 21 heavy (non-hydrogen) atoms. The average molecular weight is 311 g/mol. The maximum Gasteiger partial charge on any atom is 0.306 e. The van der Waals surface area contributed by atoms with E-state index in [0.717, 1.165) is 4.31 Å². The third-order valence-corrected chi connectivity index (χ3v) is 4.89. The lowest BCUT2D eigenvalue weighted by Gasteiger charge is -2.31. The molecular weight excluding hydrogens is 298 g/mol. The molecule has 2 rings (SSSR count). The van der Waals surface area contributed by atoms with E-state index in [-0.39, 0.29) is 36.7 Å². The summed E-state index contributed by atoms with van der Waals surface area (Å²) in [4.78, 5) is 14.2. The molecule has 112 valence electrons. The van der Waals surface area contributed by atoms with E-state index in [9.17, 15) is 13.2 Å². The predicted octanol–water partition coefficient (Wildman–Crippen LogP) is -0.183. The van der Waals surface area contributed by atoms with Crippen LogP contribution in [0.2, 0.25) is 0 Å². The number of hydrogen-bond acceptors (Lipinski definition) is 6. The van der Waals surface area contributed by atoms with Gasteiger partial charge in [-0.25, -0.2) is 13.4 Å². The Morgan fingerprint density at radius 2 is 2.38 bits per heavy atom. The first-order valence-electron chi connectivity index (χ1n) is 6.14. The summed E-state index contributed by atoms with van der Waals surface area (Å²) in [6, 6.07) is 4.48. The lowest BCUT2D eigenvalue weighted by atomic mass is 10.2. The highest BCUT2D eigenvalue weighted by molar-refractivity contribution is 7.89. The minimum absolute atomic E-state index is 0.0611. The summed E-state index contributed by atoms with van der Waals surface area (Å²) in [5.74, 6) is -1.06.